The van der Waals surface area contributed by atoms with Crippen LogP contribution >= 0.6 is 31.3 Å². The van der Waals surface area contributed by atoms with Crippen molar-refractivity contribution in [2.45, 2.75) is 53.4 Å². The fourth-order valence-electron chi connectivity index (χ4n) is 2.73. The molecule has 0 amide bonds. The van der Waals surface area contributed by atoms with Crippen molar-refractivity contribution in [2.75, 3.05) is 24.7 Å². The molecule has 5 atom stereocenters. The van der Waals surface area contributed by atoms with Gasteiger partial charge in [0.05, 0.1) is 13.2 Å². The quantitative estimate of drug-likeness (QED) is 0.312. The predicted octanol–water partition coefficient (Wildman–Crippen LogP) is 4.60. The average Bonchev–Trinajstić information content (AvgIpc) is 2.62. The smallest absolute Gasteiger partial charge is 0.342 e. The molecule has 0 spiro atoms. The van der Waals surface area contributed by atoms with Gasteiger partial charge in [0.25, 0.3) is 6.43 Å². The minimum Gasteiger partial charge on any atom is -0.342 e. The maximum Gasteiger partial charge on any atom is 0.477 e. The van der Waals surface area contributed by atoms with Crippen molar-refractivity contribution in [3.63, 3.8) is 0 Å². The van der Waals surface area contributed by atoms with Gasteiger partial charge in [-0.25, -0.2) is 13.3 Å². The Bertz CT molecular complexity index is 570. The topological polar surface area (TPSA) is 88.1 Å². The van der Waals surface area contributed by atoms with E-state index in [9.17, 15) is 22.9 Å². The van der Waals surface area contributed by atoms with Crippen LogP contribution in [0.5, 0.6) is 0 Å². The zero-order chi connectivity index (χ0) is 22.2. The summed E-state index contributed by atoms with van der Waals surface area (Å²) in [6.07, 6.45) is -5.28. The predicted molar refractivity (Wildman–Crippen MR) is 109 cm³/mol. The molecule has 0 N–H and O–H groups in total. The van der Waals surface area contributed by atoms with E-state index < -0.39 is 32.6 Å². The van der Waals surface area contributed by atoms with Crippen molar-refractivity contribution in [3.05, 3.63) is 0 Å². The second-order valence-electron chi connectivity index (χ2n) is 6.78. The Morgan fingerprint density at radius 2 is 1.45 bits per heavy atom. The van der Waals surface area contributed by atoms with Crippen LogP contribution < -0.4 is 0 Å². The molecule has 1 heterocycles. The lowest BCUT2D eigenvalue weighted by atomic mass is 9.79. The number of halogens is 2. The van der Waals surface area contributed by atoms with E-state index in [1.54, 1.807) is 13.8 Å². The van der Waals surface area contributed by atoms with Crippen LogP contribution in [0.4, 0.5) is 8.78 Å². The van der Waals surface area contributed by atoms with Crippen LogP contribution in [0.15, 0.2) is 0 Å². The molecule has 1 aliphatic rings. The summed E-state index contributed by atoms with van der Waals surface area (Å²) in [4.78, 5) is 22.0. The van der Waals surface area contributed by atoms with Crippen molar-refractivity contribution < 1.29 is 41.2 Å². The number of carbonyl (C=O) groups excluding carboxylic acids is 2. The molecule has 1 saturated heterocycles. The molecule has 7 nitrogen and oxygen atoms in total. The number of phosphoric ester groups is 1. The molecule has 0 radical (unpaired) electrons. The summed E-state index contributed by atoms with van der Waals surface area (Å²) >= 11 is 1.96. The molecule has 0 bridgehead atoms. The molecule has 1 aliphatic heterocycles. The molecule has 12 heteroatoms. The minimum atomic E-state index is -4.17. The highest BCUT2D eigenvalue weighted by molar-refractivity contribution is 8.13. The molecular weight excluding hydrogens is 449 g/mol. The summed E-state index contributed by atoms with van der Waals surface area (Å²) in [6.45, 7) is 7.82. The van der Waals surface area contributed by atoms with Crippen molar-refractivity contribution in [1.29, 1.82) is 0 Å². The number of carbonyl (C=O) groups is 2. The van der Waals surface area contributed by atoms with Gasteiger partial charge < -0.3 is 4.74 Å². The Labute approximate surface area is 178 Å². The van der Waals surface area contributed by atoms with Crippen molar-refractivity contribution in [1.82, 2.24) is 0 Å². The largest absolute Gasteiger partial charge is 0.477 e. The fraction of sp³-hybridized carbons (Fsp3) is 0.882. The third-order valence-corrected chi connectivity index (χ3v) is 7.67. The van der Waals surface area contributed by atoms with Crippen molar-refractivity contribution in [2.24, 2.45) is 17.8 Å². The van der Waals surface area contributed by atoms with E-state index in [-0.39, 0.29) is 46.8 Å². The Morgan fingerprint density at radius 3 is 1.86 bits per heavy atom. The third kappa shape index (κ3) is 9.33. The Hall–Kier alpha value is -0.0300. The fourth-order valence-corrected chi connectivity index (χ4v) is 5.21. The van der Waals surface area contributed by atoms with Crippen LogP contribution in [0.1, 0.15) is 34.6 Å². The van der Waals surface area contributed by atoms with Gasteiger partial charge in [-0.2, -0.15) is 0 Å². The van der Waals surface area contributed by atoms with Gasteiger partial charge in [-0.1, -0.05) is 44.3 Å². The summed E-state index contributed by atoms with van der Waals surface area (Å²) in [7, 11) is -4.17. The van der Waals surface area contributed by atoms with Crippen LogP contribution in [-0.2, 0) is 32.5 Å². The van der Waals surface area contributed by atoms with Crippen molar-refractivity contribution in [3.8, 4) is 0 Å². The average molecular weight is 479 g/mol. The Morgan fingerprint density at radius 1 is 0.966 bits per heavy atom. The van der Waals surface area contributed by atoms with Gasteiger partial charge in [-0.05, 0) is 11.8 Å². The highest BCUT2D eigenvalue weighted by atomic mass is 32.2. The zero-order valence-corrected chi connectivity index (χ0v) is 19.7. The normalized spacial score (nSPS) is 27.9. The molecule has 29 heavy (non-hydrogen) atoms. The molecule has 0 aromatic rings. The van der Waals surface area contributed by atoms with Crippen LogP contribution in [0.3, 0.4) is 0 Å². The van der Waals surface area contributed by atoms with Gasteiger partial charge >= 0.3 is 7.82 Å². The van der Waals surface area contributed by atoms with Gasteiger partial charge in [0.15, 0.2) is 16.5 Å². The van der Waals surface area contributed by atoms with E-state index in [1.807, 2.05) is 6.92 Å². The van der Waals surface area contributed by atoms with Crippen molar-refractivity contribution >= 4 is 41.6 Å². The summed E-state index contributed by atoms with van der Waals surface area (Å²) in [5.74, 6) is -0.475. The summed E-state index contributed by atoms with van der Waals surface area (Å²) in [5.41, 5.74) is 0. The Kier molecular flexibility index (Phi) is 11.9. The molecule has 0 aliphatic carbocycles. The van der Waals surface area contributed by atoms with Gasteiger partial charge in [-0.3, -0.25) is 23.2 Å². The zero-order valence-electron chi connectivity index (χ0n) is 17.2. The molecular formula is C17H29F2O7PS2. The molecule has 0 aromatic heterocycles. The minimum absolute atomic E-state index is 0.104. The molecule has 2 unspecified atom stereocenters. The van der Waals surface area contributed by atoms with Gasteiger partial charge in [0.1, 0.15) is 6.10 Å². The molecule has 0 saturated carbocycles. The summed E-state index contributed by atoms with van der Waals surface area (Å²) in [5, 5.41) is -0.259. The van der Waals surface area contributed by atoms with Crippen LogP contribution in [0, 0.1) is 17.8 Å². The second kappa shape index (κ2) is 12.7. The summed E-state index contributed by atoms with van der Waals surface area (Å²) in [6, 6.07) is 0. The molecule has 170 valence electrons. The first-order valence-electron chi connectivity index (χ1n) is 9.24. The molecule has 0 aromatic carbocycles. The number of rotatable bonds is 11. The molecule has 1 rings (SSSR count). The number of alkyl halides is 2. The third-order valence-electron chi connectivity index (χ3n) is 4.65. The number of thioether (sulfide) groups is 2. The Balaban J connectivity index is 2.82. The van der Waals surface area contributed by atoms with Crippen LogP contribution in [0.2, 0.25) is 0 Å². The maximum atomic E-state index is 13.3. The lowest BCUT2D eigenvalue weighted by Crippen LogP contribution is -2.48. The monoisotopic (exact) mass is 478 g/mol. The molecule has 1 fully saturated rings. The SMILES string of the molecule is CC(=O)SCCOP(=O)(OCCSC(C)=O)O[C@H]1OC(C(F)F)[C@@H](C)C(C)[C@@H]1C. The first kappa shape index (κ1) is 27.0. The lowest BCUT2D eigenvalue weighted by Gasteiger charge is -2.43. The standard InChI is InChI=1S/C17H29F2O7PS2/c1-10-11(2)15(16(18)19)25-17(12(10)3)26-27(22,23-6-8-28-13(4)20)24-7-9-29-14(5)21/h10-12,15-17H,6-9H2,1-5H3/t10?,11-,12-,15?,17+/m0/s1. The second-order valence-corrected chi connectivity index (χ2v) is 10.9. The van der Waals surface area contributed by atoms with Gasteiger partial charge in [0, 0.05) is 31.3 Å². The van der Waals surface area contributed by atoms with E-state index in [2.05, 4.69) is 0 Å². The van der Waals surface area contributed by atoms with E-state index in [0.717, 1.165) is 23.5 Å². The highest BCUT2D eigenvalue weighted by Crippen LogP contribution is 2.53. The van der Waals surface area contributed by atoms with Gasteiger partial charge in [-0.15, -0.1) is 0 Å². The van der Waals surface area contributed by atoms with E-state index in [4.69, 9.17) is 18.3 Å². The number of hydrogen-bond acceptors (Lipinski definition) is 9. The maximum absolute atomic E-state index is 13.3. The lowest BCUT2D eigenvalue weighted by molar-refractivity contribution is -0.246. The summed E-state index contributed by atoms with van der Waals surface area (Å²) < 4.78 is 61.2. The number of phosphoric acid groups is 1. The van der Waals surface area contributed by atoms with E-state index in [0.29, 0.717) is 0 Å². The first-order chi connectivity index (χ1) is 13.5. The number of hydrogen-bond donors (Lipinski definition) is 0. The van der Waals surface area contributed by atoms with Crippen LogP contribution in [-0.4, -0.2) is 53.8 Å². The van der Waals surface area contributed by atoms with Crippen LogP contribution in [0.25, 0.3) is 0 Å². The number of ether oxygens (including phenoxy) is 1. The van der Waals surface area contributed by atoms with E-state index in [1.165, 1.54) is 13.8 Å². The highest BCUT2D eigenvalue weighted by Gasteiger charge is 2.46. The van der Waals surface area contributed by atoms with Gasteiger partial charge in [0.2, 0.25) is 0 Å². The first-order valence-corrected chi connectivity index (χ1v) is 12.7. The van der Waals surface area contributed by atoms with E-state index >= 15 is 0 Å².